The maximum Gasteiger partial charge on any atom is 0.325 e. The minimum absolute atomic E-state index is 0.140. The van der Waals surface area contributed by atoms with Gasteiger partial charge in [-0.15, -0.1) is 0 Å². The summed E-state index contributed by atoms with van der Waals surface area (Å²) in [6.07, 6.45) is 0.152. The molecule has 0 unspecified atom stereocenters. The number of thiophene rings is 1. The molecule has 0 radical (unpaired) electrons. The van der Waals surface area contributed by atoms with E-state index in [0.29, 0.717) is 0 Å². The Bertz CT molecular complexity index is 491. The van der Waals surface area contributed by atoms with Gasteiger partial charge in [0.05, 0.1) is 12.5 Å². The van der Waals surface area contributed by atoms with Crippen LogP contribution in [0.4, 0.5) is 4.79 Å². The van der Waals surface area contributed by atoms with Crippen LogP contribution in [0.25, 0.3) is 0 Å². The molecule has 6 heteroatoms. The molecule has 1 atom stereocenters. The highest BCUT2D eigenvalue weighted by molar-refractivity contribution is 7.08. The normalized spacial score (nSPS) is 23.6. The lowest BCUT2D eigenvalue weighted by molar-refractivity contribution is -0.131. The largest absolute Gasteiger partial charge is 0.325 e. The minimum atomic E-state index is -0.994. The first-order valence-corrected chi connectivity index (χ1v) is 6.07. The van der Waals surface area contributed by atoms with E-state index in [2.05, 4.69) is 5.32 Å². The Kier molecular flexibility index (Phi) is 2.86. The topological polar surface area (TPSA) is 73.2 Å². The van der Waals surface area contributed by atoms with Crippen molar-refractivity contribution in [1.82, 2.24) is 10.2 Å². The van der Waals surface area contributed by atoms with Crippen LogP contribution in [0.15, 0.2) is 16.8 Å². The summed E-state index contributed by atoms with van der Waals surface area (Å²) in [4.78, 5) is 25.0. The molecule has 0 bridgehead atoms. The van der Waals surface area contributed by atoms with Crippen LogP contribution in [0.5, 0.6) is 0 Å². The fourth-order valence-corrected chi connectivity index (χ4v) is 2.57. The zero-order chi connectivity index (χ0) is 12.5. The number of nitrogens with zero attached hydrogens (tertiary/aromatic N) is 2. The predicted molar refractivity (Wildman–Crippen MR) is 62.1 cm³/mol. The lowest BCUT2D eigenvalue weighted by atomic mass is 9.95. The van der Waals surface area contributed by atoms with E-state index in [1.54, 1.807) is 6.92 Å². The summed E-state index contributed by atoms with van der Waals surface area (Å²) >= 11 is 1.47. The van der Waals surface area contributed by atoms with Crippen molar-refractivity contribution >= 4 is 23.3 Å². The molecular formula is C11H11N3O2S. The summed E-state index contributed by atoms with van der Waals surface area (Å²) in [6, 6.07) is 3.31. The third-order valence-corrected chi connectivity index (χ3v) is 3.50. The van der Waals surface area contributed by atoms with Gasteiger partial charge in [-0.05, 0) is 29.3 Å². The van der Waals surface area contributed by atoms with Gasteiger partial charge >= 0.3 is 6.03 Å². The first-order valence-electron chi connectivity index (χ1n) is 5.13. The molecule has 0 saturated carbocycles. The molecule has 5 nitrogen and oxygen atoms in total. The van der Waals surface area contributed by atoms with Crippen molar-refractivity contribution in [3.8, 4) is 6.07 Å². The van der Waals surface area contributed by atoms with Gasteiger partial charge in [-0.25, -0.2) is 4.79 Å². The number of urea groups is 1. The Morgan fingerprint density at radius 2 is 2.35 bits per heavy atom. The highest BCUT2D eigenvalue weighted by atomic mass is 32.1. The Morgan fingerprint density at radius 1 is 1.59 bits per heavy atom. The van der Waals surface area contributed by atoms with Crippen LogP contribution < -0.4 is 5.32 Å². The molecule has 1 aromatic heterocycles. The molecule has 0 spiro atoms. The van der Waals surface area contributed by atoms with Gasteiger partial charge in [-0.2, -0.15) is 16.6 Å². The minimum Gasteiger partial charge on any atom is -0.319 e. The van der Waals surface area contributed by atoms with Crippen LogP contribution in [0.2, 0.25) is 0 Å². The summed E-state index contributed by atoms with van der Waals surface area (Å²) in [5, 5.41) is 14.9. The van der Waals surface area contributed by atoms with Crippen molar-refractivity contribution in [2.45, 2.75) is 18.9 Å². The Labute approximate surface area is 103 Å². The van der Waals surface area contributed by atoms with Crippen LogP contribution in [0, 0.1) is 11.3 Å². The van der Waals surface area contributed by atoms with Gasteiger partial charge in [0.15, 0.2) is 0 Å². The molecule has 1 aromatic rings. The van der Waals surface area contributed by atoms with E-state index in [1.807, 2.05) is 22.9 Å². The molecule has 1 aliphatic heterocycles. The third-order valence-electron chi connectivity index (χ3n) is 2.82. The van der Waals surface area contributed by atoms with Crippen molar-refractivity contribution in [3.63, 3.8) is 0 Å². The van der Waals surface area contributed by atoms with E-state index < -0.39 is 11.6 Å². The number of nitriles is 1. The molecule has 1 N–H and O–H groups in total. The van der Waals surface area contributed by atoms with Gasteiger partial charge in [-0.1, -0.05) is 0 Å². The lowest BCUT2D eigenvalue weighted by Crippen LogP contribution is -2.40. The van der Waals surface area contributed by atoms with E-state index in [4.69, 9.17) is 5.26 Å². The third kappa shape index (κ3) is 1.78. The van der Waals surface area contributed by atoms with Crippen LogP contribution >= 0.6 is 11.3 Å². The summed E-state index contributed by atoms with van der Waals surface area (Å²) in [5.41, 5.74) is -0.215. The first-order chi connectivity index (χ1) is 8.09. The average molecular weight is 249 g/mol. The molecule has 88 valence electrons. The molecule has 17 heavy (non-hydrogen) atoms. The van der Waals surface area contributed by atoms with Gasteiger partial charge in [0.2, 0.25) is 0 Å². The molecule has 0 aromatic carbocycles. The van der Waals surface area contributed by atoms with Gasteiger partial charge < -0.3 is 5.32 Å². The highest BCUT2D eigenvalue weighted by Gasteiger charge is 2.48. The summed E-state index contributed by atoms with van der Waals surface area (Å²) in [5.74, 6) is -0.295. The van der Waals surface area contributed by atoms with Crippen LogP contribution in [-0.4, -0.2) is 23.4 Å². The number of nitrogens with one attached hydrogen (secondary N) is 1. The molecule has 1 aliphatic rings. The SMILES string of the molecule is C[C@@]1(c2ccsc2)NC(=O)N(CCC#N)C1=O. The maximum atomic E-state index is 12.2. The van der Waals surface area contributed by atoms with Crippen molar-refractivity contribution in [1.29, 1.82) is 5.26 Å². The second kappa shape index (κ2) is 4.18. The summed E-state index contributed by atoms with van der Waals surface area (Å²) in [6.45, 7) is 1.82. The van der Waals surface area contributed by atoms with Gasteiger partial charge in [0.1, 0.15) is 5.54 Å². The van der Waals surface area contributed by atoms with Crippen molar-refractivity contribution in [2.75, 3.05) is 6.54 Å². The van der Waals surface area contributed by atoms with Crippen molar-refractivity contribution in [2.24, 2.45) is 0 Å². The van der Waals surface area contributed by atoms with E-state index in [9.17, 15) is 9.59 Å². The summed E-state index contributed by atoms with van der Waals surface area (Å²) < 4.78 is 0. The number of hydrogen-bond acceptors (Lipinski definition) is 4. The monoisotopic (exact) mass is 249 g/mol. The van der Waals surface area contributed by atoms with Crippen LogP contribution in [0.3, 0.4) is 0 Å². The van der Waals surface area contributed by atoms with Crippen molar-refractivity contribution < 1.29 is 9.59 Å². The predicted octanol–water partition coefficient (Wildman–Crippen LogP) is 1.43. The molecule has 0 aliphatic carbocycles. The van der Waals surface area contributed by atoms with E-state index in [1.165, 1.54) is 11.3 Å². The molecule has 1 saturated heterocycles. The highest BCUT2D eigenvalue weighted by Crippen LogP contribution is 2.30. The zero-order valence-electron chi connectivity index (χ0n) is 9.27. The van der Waals surface area contributed by atoms with Gasteiger partial charge in [-0.3, -0.25) is 9.69 Å². The molecule has 1 fully saturated rings. The van der Waals surface area contributed by atoms with Gasteiger partial charge in [0, 0.05) is 6.54 Å². The summed E-state index contributed by atoms with van der Waals surface area (Å²) in [7, 11) is 0. The fourth-order valence-electron chi connectivity index (χ4n) is 1.81. The Balaban J connectivity index is 2.27. The quantitative estimate of drug-likeness (QED) is 0.823. The molecule has 2 heterocycles. The standard InChI is InChI=1S/C11H11N3O2S/c1-11(8-3-6-17-7-8)9(15)14(5-2-4-12)10(16)13-11/h3,6-7H,2,5H2,1H3,(H,13,16)/t11-/m0/s1. The lowest BCUT2D eigenvalue weighted by Gasteiger charge is -2.20. The molecule has 3 amide bonds. The first kappa shape index (κ1) is 11.6. The number of rotatable bonds is 3. The number of carbonyl (C=O) groups is 2. The van der Waals surface area contributed by atoms with Gasteiger partial charge in [0.25, 0.3) is 5.91 Å². The number of hydrogen-bond donors (Lipinski definition) is 1. The second-order valence-corrected chi connectivity index (χ2v) is 4.71. The van der Waals surface area contributed by atoms with E-state index >= 15 is 0 Å². The molecular weight excluding hydrogens is 238 g/mol. The number of carbonyl (C=O) groups excluding carboxylic acids is 2. The number of amides is 3. The zero-order valence-corrected chi connectivity index (χ0v) is 10.1. The Morgan fingerprint density at radius 3 is 2.94 bits per heavy atom. The fraction of sp³-hybridized carbons (Fsp3) is 0.364. The average Bonchev–Trinajstić information content (AvgIpc) is 2.88. The van der Waals surface area contributed by atoms with E-state index in [-0.39, 0.29) is 18.9 Å². The number of imide groups is 1. The smallest absolute Gasteiger partial charge is 0.319 e. The second-order valence-electron chi connectivity index (χ2n) is 3.93. The maximum absolute atomic E-state index is 12.2. The van der Waals surface area contributed by atoms with Crippen molar-refractivity contribution in [3.05, 3.63) is 22.4 Å². The van der Waals surface area contributed by atoms with E-state index in [0.717, 1.165) is 10.5 Å². The van der Waals surface area contributed by atoms with Crippen LogP contribution in [-0.2, 0) is 10.3 Å². The Hall–Kier alpha value is -1.87. The molecule has 2 rings (SSSR count). The van der Waals surface area contributed by atoms with Crippen LogP contribution in [0.1, 0.15) is 18.9 Å².